The Morgan fingerprint density at radius 1 is 1.23 bits per heavy atom. The van der Waals surface area contributed by atoms with Gasteiger partial charge in [0.25, 0.3) is 0 Å². The highest BCUT2D eigenvalue weighted by Gasteiger charge is 2.29. The summed E-state index contributed by atoms with van der Waals surface area (Å²) in [4.78, 5) is 7.28. The van der Waals surface area contributed by atoms with Crippen molar-refractivity contribution in [1.82, 2.24) is 15.5 Å². The molecule has 2 atom stereocenters. The highest BCUT2D eigenvalue weighted by molar-refractivity contribution is 5.80. The zero-order valence-electron chi connectivity index (χ0n) is 16.7. The second-order valence-corrected chi connectivity index (χ2v) is 7.01. The lowest BCUT2D eigenvalue weighted by Crippen LogP contribution is -2.44. The first-order valence-corrected chi connectivity index (χ1v) is 10.1. The Balaban J connectivity index is 1.79. The van der Waals surface area contributed by atoms with Gasteiger partial charge in [-0.1, -0.05) is 30.3 Å². The molecule has 1 heterocycles. The van der Waals surface area contributed by atoms with Gasteiger partial charge < -0.3 is 15.4 Å². The van der Waals surface area contributed by atoms with Crippen LogP contribution in [0.4, 0.5) is 0 Å². The third-order valence-corrected chi connectivity index (χ3v) is 4.79. The fourth-order valence-electron chi connectivity index (χ4n) is 3.41. The van der Waals surface area contributed by atoms with Crippen molar-refractivity contribution < 1.29 is 4.74 Å². The molecule has 0 aromatic heterocycles. The van der Waals surface area contributed by atoms with E-state index in [4.69, 9.17) is 9.73 Å². The van der Waals surface area contributed by atoms with E-state index in [0.717, 1.165) is 64.6 Å². The predicted molar refractivity (Wildman–Crippen MR) is 110 cm³/mol. The van der Waals surface area contributed by atoms with Gasteiger partial charge in [0, 0.05) is 51.5 Å². The van der Waals surface area contributed by atoms with Gasteiger partial charge in [-0.2, -0.15) is 0 Å². The number of rotatable bonds is 10. The summed E-state index contributed by atoms with van der Waals surface area (Å²) in [6.07, 6.45) is 3.29. The van der Waals surface area contributed by atoms with E-state index in [2.05, 4.69) is 59.7 Å². The summed E-state index contributed by atoms with van der Waals surface area (Å²) >= 11 is 0. The molecule has 0 amide bonds. The summed E-state index contributed by atoms with van der Waals surface area (Å²) < 4.78 is 5.38. The molecule has 146 valence electrons. The number of nitrogens with one attached hydrogen (secondary N) is 2. The Morgan fingerprint density at radius 2 is 2.04 bits per heavy atom. The number of hydrogen-bond acceptors (Lipinski definition) is 3. The molecule has 0 aliphatic carbocycles. The number of guanidine groups is 1. The van der Waals surface area contributed by atoms with Crippen LogP contribution in [0.5, 0.6) is 0 Å². The fraction of sp³-hybridized carbons (Fsp3) is 0.667. The summed E-state index contributed by atoms with van der Waals surface area (Å²) in [5, 5.41) is 7.01. The second kappa shape index (κ2) is 11.9. The Labute approximate surface area is 159 Å². The lowest BCUT2D eigenvalue weighted by atomic mass is 10.2. The average molecular weight is 361 g/mol. The van der Waals surface area contributed by atoms with Crippen LogP contribution < -0.4 is 10.6 Å². The Bertz CT molecular complexity index is 520. The maximum atomic E-state index is 5.38. The highest BCUT2D eigenvalue weighted by Crippen LogP contribution is 2.20. The van der Waals surface area contributed by atoms with Gasteiger partial charge in [-0.15, -0.1) is 0 Å². The van der Waals surface area contributed by atoms with Gasteiger partial charge in [-0.3, -0.25) is 9.89 Å². The van der Waals surface area contributed by atoms with E-state index >= 15 is 0 Å². The van der Waals surface area contributed by atoms with Gasteiger partial charge in [0.15, 0.2) is 5.96 Å². The Morgan fingerprint density at radius 3 is 2.77 bits per heavy atom. The molecule has 0 radical (unpaired) electrons. The summed E-state index contributed by atoms with van der Waals surface area (Å²) in [5.74, 6) is 0.947. The molecule has 2 N–H and O–H groups in total. The monoisotopic (exact) mass is 360 g/mol. The SMILES string of the molecule is CCNC(=NCCCCOCC)NC1CC(C)N(Cc2ccccc2)C1. The van der Waals surface area contributed by atoms with Gasteiger partial charge in [-0.05, 0) is 45.6 Å². The first kappa shape index (κ1) is 20.7. The topological polar surface area (TPSA) is 48.9 Å². The molecule has 2 unspecified atom stereocenters. The molecule has 5 nitrogen and oxygen atoms in total. The van der Waals surface area contributed by atoms with Gasteiger partial charge in [-0.25, -0.2) is 0 Å². The van der Waals surface area contributed by atoms with Crippen LogP contribution >= 0.6 is 0 Å². The number of ether oxygens (including phenoxy) is 1. The van der Waals surface area contributed by atoms with Crippen molar-refractivity contribution in [3.63, 3.8) is 0 Å². The molecule has 1 fully saturated rings. The first-order chi connectivity index (χ1) is 12.7. The normalized spacial score (nSPS) is 21.1. The number of aliphatic imine (C=N–C) groups is 1. The molecule has 26 heavy (non-hydrogen) atoms. The standard InChI is InChI=1S/C21H36N4O/c1-4-22-21(23-13-9-10-14-26-5-2)24-20-15-18(3)25(17-20)16-19-11-7-6-8-12-19/h6-8,11-12,18,20H,4-5,9-10,13-17H2,1-3H3,(H2,22,23,24). The predicted octanol–water partition coefficient (Wildman–Crippen LogP) is 3.02. The molecule has 2 rings (SSSR count). The van der Waals surface area contributed by atoms with E-state index < -0.39 is 0 Å². The van der Waals surface area contributed by atoms with E-state index in [9.17, 15) is 0 Å². The molecule has 1 aromatic carbocycles. The van der Waals surface area contributed by atoms with Crippen LogP contribution in [0.3, 0.4) is 0 Å². The van der Waals surface area contributed by atoms with Crippen LogP contribution in [0.25, 0.3) is 0 Å². The summed E-state index contributed by atoms with van der Waals surface area (Å²) in [7, 11) is 0. The van der Waals surface area contributed by atoms with Crippen LogP contribution in [-0.2, 0) is 11.3 Å². The molecule has 1 aliphatic rings. The smallest absolute Gasteiger partial charge is 0.191 e. The quantitative estimate of drug-likeness (QED) is 0.383. The van der Waals surface area contributed by atoms with Gasteiger partial charge >= 0.3 is 0 Å². The molecule has 5 heteroatoms. The zero-order chi connectivity index (χ0) is 18.6. The molecule has 0 bridgehead atoms. The van der Waals surface area contributed by atoms with E-state index in [-0.39, 0.29) is 0 Å². The molecule has 0 spiro atoms. The summed E-state index contributed by atoms with van der Waals surface area (Å²) in [5.41, 5.74) is 1.38. The van der Waals surface area contributed by atoms with Crippen molar-refractivity contribution >= 4 is 5.96 Å². The first-order valence-electron chi connectivity index (χ1n) is 10.1. The summed E-state index contributed by atoms with van der Waals surface area (Å²) in [6, 6.07) is 11.8. The average Bonchev–Trinajstić information content (AvgIpc) is 2.98. The number of hydrogen-bond donors (Lipinski definition) is 2. The number of unbranched alkanes of at least 4 members (excludes halogenated alkanes) is 1. The van der Waals surface area contributed by atoms with E-state index in [1.807, 2.05) is 6.92 Å². The molecule has 1 saturated heterocycles. The second-order valence-electron chi connectivity index (χ2n) is 7.01. The lowest BCUT2D eigenvalue weighted by Gasteiger charge is -2.21. The van der Waals surface area contributed by atoms with Crippen LogP contribution in [0, 0.1) is 0 Å². The lowest BCUT2D eigenvalue weighted by molar-refractivity contribution is 0.144. The van der Waals surface area contributed by atoms with Crippen molar-refractivity contribution in [2.75, 3.05) is 32.8 Å². The van der Waals surface area contributed by atoms with Gasteiger partial charge in [0.05, 0.1) is 0 Å². The fourth-order valence-corrected chi connectivity index (χ4v) is 3.41. The number of likely N-dealkylation sites (tertiary alicyclic amines) is 1. The van der Waals surface area contributed by atoms with Gasteiger partial charge in [0.1, 0.15) is 0 Å². The minimum absolute atomic E-state index is 0.454. The molecule has 1 aromatic rings. The summed E-state index contributed by atoms with van der Waals surface area (Å²) in [6.45, 7) is 11.9. The van der Waals surface area contributed by atoms with E-state index in [0.29, 0.717) is 12.1 Å². The van der Waals surface area contributed by atoms with Crippen molar-refractivity contribution in [2.45, 2.75) is 58.7 Å². The molecular formula is C21H36N4O. The van der Waals surface area contributed by atoms with E-state index in [1.54, 1.807) is 0 Å². The molecule has 0 saturated carbocycles. The highest BCUT2D eigenvalue weighted by atomic mass is 16.5. The van der Waals surface area contributed by atoms with Crippen molar-refractivity contribution in [3.8, 4) is 0 Å². The van der Waals surface area contributed by atoms with Crippen LogP contribution in [0.15, 0.2) is 35.3 Å². The van der Waals surface area contributed by atoms with Crippen molar-refractivity contribution in [2.24, 2.45) is 4.99 Å². The van der Waals surface area contributed by atoms with Gasteiger partial charge in [0.2, 0.25) is 0 Å². The van der Waals surface area contributed by atoms with E-state index in [1.165, 1.54) is 5.56 Å². The van der Waals surface area contributed by atoms with Crippen molar-refractivity contribution in [1.29, 1.82) is 0 Å². The van der Waals surface area contributed by atoms with Crippen LogP contribution in [-0.4, -0.2) is 55.8 Å². The Kier molecular flexibility index (Phi) is 9.50. The largest absolute Gasteiger partial charge is 0.382 e. The third kappa shape index (κ3) is 7.34. The molecule has 1 aliphatic heterocycles. The van der Waals surface area contributed by atoms with Crippen LogP contribution in [0.2, 0.25) is 0 Å². The van der Waals surface area contributed by atoms with Crippen molar-refractivity contribution in [3.05, 3.63) is 35.9 Å². The Hall–Kier alpha value is -1.59. The maximum Gasteiger partial charge on any atom is 0.191 e. The number of nitrogens with zero attached hydrogens (tertiary/aromatic N) is 2. The third-order valence-electron chi connectivity index (χ3n) is 4.79. The molecular weight excluding hydrogens is 324 g/mol. The van der Waals surface area contributed by atoms with Crippen LogP contribution in [0.1, 0.15) is 45.6 Å². The number of benzene rings is 1. The zero-order valence-corrected chi connectivity index (χ0v) is 16.7. The maximum absolute atomic E-state index is 5.38. The minimum Gasteiger partial charge on any atom is -0.382 e. The minimum atomic E-state index is 0.454.